The van der Waals surface area contributed by atoms with Gasteiger partial charge < -0.3 is 4.42 Å². The van der Waals surface area contributed by atoms with Crippen molar-refractivity contribution in [2.75, 3.05) is 0 Å². The second-order valence-corrected chi connectivity index (χ2v) is 10.1. The van der Waals surface area contributed by atoms with Crippen molar-refractivity contribution in [1.29, 1.82) is 5.26 Å². The minimum atomic E-state index is -2.61. The Morgan fingerprint density at radius 1 is 1.06 bits per heavy atom. The summed E-state index contributed by atoms with van der Waals surface area (Å²) in [5.74, 6) is 0. The summed E-state index contributed by atoms with van der Waals surface area (Å²) in [4.78, 5) is 8.72. The van der Waals surface area contributed by atoms with Crippen molar-refractivity contribution in [3.8, 4) is 17.3 Å². The molecule has 4 aromatic rings. The van der Waals surface area contributed by atoms with Crippen molar-refractivity contribution in [3.63, 3.8) is 0 Å². The summed E-state index contributed by atoms with van der Waals surface area (Å²) < 4.78 is 72.6. The van der Waals surface area contributed by atoms with Crippen LogP contribution in [-0.4, -0.2) is 9.97 Å². The molecule has 0 radical (unpaired) electrons. The number of nitriles is 1. The number of benzene rings is 1. The molecule has 4 rings (SSSR count). The third-order valence-corrected chi connectivity index (χ3v) is 5.20. The van der Waals surface area contributed by atoms with Gasteiger partial charge in [0.1, 0.15) is 17.3 Å². The summed E-state index contributed by atoms with van der Waals surface area (Å²) in [5, 5.41) is 10.4. The average molecular weight is 434 g/mol. The predicted molar refractivity (Wildman–Crippen MR) is 131 cm³/mol. The molecule has 4 heteroatoms. The highest BCUT2D eigenvalue weighted by Gasteiger charge is 2.25. The van der Waals surface area contributed by atoms with E-state index in [1.54, 1.807) is 26.8 Å². The Morgan fingerprint density at radius 3 is 2.44 bits per heavy atom. The van der Waals surface area contributed by atoms with Gasteiger partial charge in [-0.1, -0.05) is 47.6 Å². The lowest BCUT2D eigenvalue weighted by Crippen LogP contribution is -2.12. The molecule has 0 saturated heterocycles. The molecule has 3 aromatic heterocycles. The van der Waals surface area contributed by atoms with Crippen molar-refractivity contribution in [3.05, 3.63) is 58.4 Å². The predicted octanol–water partition coefficient (Wildman–Crippen LogP) is 7.42. The number of hydrogen-bond acceptors (Lipinski definition) is 4. The molecular weight excluding hydrogens is 394 g/mol. The smallest absolute Gasteiger partial charge is 0.228 e. The molecule has 4 nitrogen and oxygen atoms in total. The van der Waals surface area contributed by atoms with E-state index in [1.807, 2.05) is 26.8 Å². The van der Waals surface area contributed by atoms with Crippen LogP contribution in [0.25, 0.3) is 33.3 Å². The molecule has 1 aromatic carbocycles. The molecule has 0 fully saturated rings. The maximum Gasteiger partial charge on any atom is 0.228 e. The van der Waals surface area contributed by atoms with Crippen molar-refractivity contribution in [2.45, 2.75) is 67.0 Å². The van der Waals surface area contributed by atoms with E-state index in [0.29, 0.717) is 21.9 Å². The van der Waals surface area contributed by atoms with Crippen LogP contribution in [0.4, 0.5) is 0 Å². The van der Waals surface area contributed by atoms with Gasteiger partial charge in [-0.2, -0.15) is 5.26 Å². The number of aromatic nitrogens is 2. The first-order chi connectivity index (χ1) is 18.1. The van der Waals surface area contributed by atoms with E-state index in [2.05, 4.69) is 9.97 Å². The SMILES string of the molecule is [2H]C([2H])([2H])c1cnc(-c2ccc(C([2H])([2H])[2H])c3c2oc2nc(C#N)cc(C(C)(C)C)c23)cc1C([2H])([2H])C(C)(C)C. The second-order valence-electron chi connectivity index (χ2n) is 10.1. The maximum atomic E-state index is 9.61. The van der Waals surface area contributed by atoms with Gasteiger partial charge in [-0.05, 0) is 71.4 Å². The molecule has 0 aliphatic rings. The van der Waals surface area contributed by atoms with Gasteiger partial charge in [0.05, 0.1) is 11.1 Å². The molecular formula is C28H31N3O. The molecule has 0 unspecified atom stereocenters. The number of rotatable bonds is 2. The number of pyridine rings is 2. The van der Waals surface area contributed by atoms with Gasteiger partial charge >= 0.3 is 0 Å². The molecule has 0 aliphatic heterocycles. The van der Waals surface area contributed by atoms with Crippen molar-refractivity contribution in [2.24, 2.45) is 5.41 Å². The van der Waals surface area contributed by atoms with Crippen molar-refractivity contribution in [1.82, 2.24) is 9.97 Å². The van der Waals surface area contributed by atoms with E-state index in [4.69, 9.17) is 15.4 Å². The number of furan rings is 1. The van der Waals surface area contributed by atoms with Crippen LogP contribution in [0, 0.1) is 30.4 Å². The normalized spacial score (nSPS) is 17.4. The first-order valence-electron chi connectivity index (χ1n) is 14.4. The molecule has 0 N–H and O–H groups in total. The molecule has 0 aliphatic carbocycles. The summed E-state index contributed by atoms with van der Waals surface area (Å²) in [7, 11) is 0. The lowest BCUT2D eigenvalue weighted by atomic mass is 9.84. The number of aryl methyl sites for hydroxylation is 2. The van der Waals surface area contributed by atoms with E-state index in [1.165, 1.54) is 18.2 Å². The largest absolute Gasteiger partial charge is 0.437 e. The van der Waals surface area contributed by atoms with E-state index in [-0.39, 0.29) is 39.4 Å². The topological polar surface area (TPSA) is 62.7 Å². The Labute approximate surface area is 201 Å². The molecule has 0 spiro atoms. The Balaban J connectivity index is 2.19. The van der Waals surface area contributed by atoms with E-state index in [9.17, 15) is 5.26 Å². The second kappa shape index (κ2) is 7.45. The van der Waals surface area contributed by atoms with E-state index in [0.717, 1.165) is 6.20 Å². The van der Waals surface area contributed by atoms with Crippen LogP contribution in [0.2, 0.25) is 0 Å². The van der Waals surface area contributed by atoms with Gasteiger partial charge in [0.2, 0.25) is 5.71 Å². The highest BCUT2D eigenvalue weighted by Crippen LogP contribution is 2.41. The maximum absolute atomic E-state index is 9.61. The fraction of sp³-hybridized carbons (Fsp3) is 0.393. The molecule has 3 heterocycles. The van der Waals surface area contributed by atoms with Gasteiger partial charge in [-0.15, -0.1) is 0 Å². The van der Waals surface area contributed by atoms with Crippen LogP contribution in [0.3, 0.4) is 0 Å². The van der Waals surface area contributed by atoms with Crippen LogP contribution in [0.5, 0.6) is 0 Å². The number of fused-ring (bicyclic) bond motifs is 3. The van der Waals surface area contributed by atoms with Crippen LogP contribution >= 0.6 is 0 Å². The highest BCUT2D eigenvalue weighted by atomic mass is 16.3. The van der Waals surface area contributed by atoms with Crippen LogP contribution in [0.1, 0.15) is 80.5 Å². The Hall–Kier alpha value is -3.19. The Morgan fingerprint density at radius 2 is 1.81 bits per heavy atom. The van der Waals surface area contributed by atoms with E-state index >= 15 is 0 Å². The van der Waals surface area contributed by atoms with Crippen LogP contribution < -0.4 is 0 Å². The summed E-state index contributed by atoms with van der Waals surface area (Å²) >= 11 is 0. The zero-order valence-electron chi connectivity index (χ0n) is 27.1. The highest BCUT2D eigenvalue weighted by molar-refractivity contribution is 6.11. The molecule has 0 amide bonds. The molecule has 32 heavy (non-hydrogen) atoms. The van der Waals surface area contributed by atoms with Crippen molar-refractivity contribution < 1.29 is 15.4 Å². The lowest BCUT2D eigenvalue weighted by Gasteiger charge is -2.20. The summed E-state index contributed by atoms with van der Waals surface area (Å²) in [6.45, 7) is 5.76. The molecule has 164 valence electrons. The van der Waals surface area contributed by atoms with Crippen LogP contribution in [-0.2, 0) is 11.8 Å². The van der Waals surface area contributed by atoms with Gasteiger partial charge in [0.15, 0.2) is 0 Å². The number of hydrogen-bond donors (Lipinski definition) is 0. The quantitative estimate of drug-likeness (QED) is 0.330. The van der Waals surface area contributed by atoms with Gasteiger partial charge in [0.25, 0.3) is 0 Å². The first-order valence-corrected chi connectivity index (χ1v) is 10.4. The van der Waals surface area contributed by atoms with Gasteiger partial charge in [-0.3, -0.25) is 4.98 Å². The fourth-order valence-corrected chi connectivity index (χ4v) is 3.83. The minimum absolute atomic E-state index is 0.0329. The zero-order valence-corrected chi connectivity index (χ0v) is 19.1. The average Bonchev–Trinajstić information content (AvgIpc) is 3.19. The minimum Gasteiger partial charge on any atom is -0.437 e. The molecule has 0 atom stereocenters. The van der Waals surface area contributed by atoms with E-state index < -0.39 is 30.9 Å². The standard InChI is InChI=1S/C28H31N3O/c1-16-9-10-20(22-11-18(13-27(3,4)5)17(2)15-30-22)25-23(16)24-21(28(6,7)8)12-19(14-29)31-26(24)32-25/h9-12,15H,13H2,1-8H3/i1D3,2D3,13D2. The first kappa shape index (κ1) is 14.1. The Kier molecular flexibility index (Phi) is 3.27. The summed E-state index contributed by atoms with van der Waals surface area (Å²) in [5.41, 5.74) is -0.0226. The molecule has 0 saturated carbocycles. The van der Waals surface area contributed by atoms with Gasteiger partial charge in [0, 0.05) is 28.1 Å². The van der Waals surface area contributed by atoms with Gasteiger partial charge in [-0.25, -0.2) is 4.98 Å². The summed E-state index contributed by atoms with van der Waals surface area (Å²) in [6, 6.07) is 8.06. The summed E-state index contributed by atoms with van der Waals surface area (Å²) in [6.07, 6.45) is -0.900. The van der Waals surface area contributed by atoms with Crippen LogP contribution in [0.15, 0.2) is 34.9 Å². The third-order valence-electron chi connectivity index (χ3n) is 5.20. The van der Waals surface area contributed by atoms with Crippen molar-refractivity contribution >= 4 is 22.1 Å². The Bertz CT molecular complexity index is 1680. The molecule has 0 bridgehead atoms. The number of nitrogens with zero attached hydrogens (tertiary/aromatic N) is 3. The monoisotopic (exact) mass is 433 g/mol. The third kappa shape index (κ3) is 3.88. The zero-order chi connectivity index (χ0) is 30.2. The fourth-order valence-electron chi connectivity index (χ4n) is 3.83. The lowest BCUT2D eigenvalue weighted by molar-refractivity contribution is 0.410.